The monoisotopic (exact) mass is 386 g/mol. The number of hydrogen-bond acceptors (Lipinski definition) is 5. The Morgan fingerprint density at radius 1 is 1.19 bits per heavy atom. The molecular weight excluding hydrogens is 368 g/mol. The van der Waals surface area contributed by atoms with Gasteiger partial charge in [0.15, 0.2) is 0 Å². The minimum absolute atomic E-state index is 0.269. The van der Waals surface area contributed by atoms with E-state index < -0.39 is 24.0 Å². The van der Waals surface area contributed by atoms with Gasteiger partial charge in [-0.1, -0.05) is 0 Å². The topological polar surface area (TPSA) is 39.7 Å². The molecule has 26 heavy (non-hydrogen) atoms. The summed E-state index contributed by atoms with van der Waals surface area (Å²) < 4.78 is 58.9. The Balaban J connectivity index is 1.64. The number of alkyl halides is 3. The summed E-state index contributed by atoms with van der Waals surface area (Å²) in [7, 11) is 0. The Hall–Kier alpha value is -1.48. The third-order valence-corrected chi connectivity index (χ3v) is 6.44. The second kappa shape index (κ2) is 5.76. The largest absolute Gasteiger partial charge is 0.409 e. The van der Waals surface area contributed by atoms with Crippen molar-refractivity contribution in [2.45, 2.75) is 42.4 Å². The zero-order valence-corrected chi connectivity index (χ0v) is 14.6. The molecule has 0 amide bonds. The molecule has 3 heterocycles. The van der Waals surface area contributed by atoms with Crippen molar-refractivity contribution >= 4 is 29.2 Å². The number of halogens is 4. The second-order valence-electron chi connectivity index (χ2n) is 7.45. The van der Waals surface area contributed by atoms with Gasteiger partial charge in [-0.15, -0.1) is 0 Å². The summed E-state index contributed by atoms with van der Waals surface area (Å²) in [6.45, 7) is 0.806. The molecule has 140 valence electrons. The average Bonchev–Trinajstić information content (AvgIpc) is 3.39. The Morgan fingerprint density at radius 3 is 2.73 bits per heavy atom. The molecule has 2 saturated heterocycles. The van der Waals surface area contributed by atoms with E-state index in [2.05, 4.69) is 15.0 Å². The van der Waals surface area contributed by atoms with Gasteiger partial charge in [0.2, 0.25) is 0 Å². The van der Waals surface area contributed by atoms with Gasteiger partial charge in [0.05, 0.1) is 10.6 Å². The highest BCUT2D eigenvalue weighted by atomic mass is 32.2. The average molecular weight is 386 g/mol. The molecule has 0 spiro atoms. The molecule has 0 aromatic heterocycles. The first kappa shape index (κ1) is 16.7. The number of fused-ring (bicyclic) bond motifs is 3. The Bertz CT molecular complexity index is 777. The Kier molecular flexibility index (Phi) is 3.69. The maximum absolute atomic E-state index is 14.2. The number of hydrogen-bond donors (Lipinski definition) is 2. The molecular formula is C17H18F4N4S. The number of nitrogens with zero attached hydrogens (tertiary/aromatic N) is 2. The van der Waals surface area contributed by atoms with Crippen molar-refractivity contribution in [3.05, 3.63) is 17.9 Å². The SMILES string of the molecule is Fc1cc2c(c(N3[C@@H]4CNC[C@@H](C4)[C@@H]3C(F)(F)F)c1)N=C(C1CC1)NS2. The van der Waals surface area contributed by atoms with E-state index in [-0.39, 0.29) is 11.7 Å². The van der Waals surface area contributed by atoms with Crippen LogP contribution in [-0.4, -0.2) is 37.2 Å². The summed E-state index contributed by atoms with van der Waals surface area (Å²) in [5.74, 6) is 0.0769. The molecule has 0 radical (unpaired) electrons. The van der Waals surface area contributed by atoms with Crippen LogP contribution in [0.1, 0.15) is 19.3 Å². The number of amidine groups is 1. The zero-order valence-electron chi connectivity index (χ0n) is 13.8. The lowest BCUT2D eigenvalue weighted by Crippen LogP contribution is -2.47. The number of benzene rings is 1. The summed E-state index contributed by atoms with van der Waals surface area (Å²) in [5.41, 5.74) is 0.740. The molecule has 4 aliphatic rings. The number of nitrogens with one attached hydrogen (secondary N) is 2. The number of piperidine rings is 1. The van der Waals surface area contributed by atoms with E-state index in [1.807, 2.05) is 0 Å². The van der Waals surface area contributed by atoms with Crippen molar-refractivity contribution in [3.63, 3.8) is 0 Å². The normalized spacial score (nSPS) is 30.7. The molecule has 1 aliphatic carbocycles. The van der Waals surface area contributed by atoms with Crippen molar-refractivity contribution in [2.24, 2.45) is 16.8 Å². The third-order valence-electron chi connectivity index (χ3n) is 5.60. The maximum atomic E-state index is 14.2. The van der Waals surface area contributed by atoms with E-state index in [1.54, 1.807) is 0 Å². The molecule has 0 unspecified atom stereocenters. The predicted molar refractivity (Wildman–Crippen MR) is 92.3 cm³/mol. The van der Waals surface area contributed by atoms with Gasteiger partial charge in [-0.25, -0.2) is 9.38 Å². The molecule has 3 aliphatic heterocycles. The lowest BCUT2D eigenvalue weighted by atomic mass is 9.96. The Labute approximate surface area is 152 Å². The number of anilines is 1. The van der Waals surface area contributed by atoms with Crippen LogP contribution >= 0.6 is 11.9 Å². The summed E-state index contributed by atoms with van der Waals surface area (Å²) in [5, 5.41) is 3.09. The van der Waals surface area contributed by atoms with Crippen LogP contribution < -0.4 is 14.9 Å². The van der Waals surface area contributed by atoms with Crippen LogP contribution in [0.25, 0.3) is 0 Å². The highest BCUT2D eigenvalue weighted by molar-refractivity contribution is 7.98. The summed E-state index contributed by atoms with van der Waals surface area (Å²) in [6, 6.07) is 0.656. The lowest BCUT2D eigenvalue weighted by molar-refractivity contribution is -0.154. The molecule has 1 aromatic rings. The molecule has 3 atom stereocenters. The number of rotatable bonds is 2. The fourth-order valence-electron chi connectivity index (χ4n) is 4.36. The Morgan fingerprint density at radius 2 is 2.00 bits per heavy atom. The fourth-order valence-corrected chi connectivity index (χ4v) is 5.20. The second-order valence-corrected chi connectivity index (χ2v) is 8.30. The van der Waals surface area contributed by atoms with Crippen molar-refractivity contribution in [3.8, 4) is 0 Å². The fraction of sp³-hybridized carbons (Fsp3) is 0.588. The van der Waals surface area contributed by atoms with Crippen LogP contribution in [0.2, 0.25) is 0 Å². The summed E-state index contributed by atoms with van der Waals surface area (Å²) in [4.78, 5) is 6.54. The van der Waals surface area contributed by atoms with E-state index in [9.17, 15) is 17.6 Å². The first-order chi connectivity index (χ1) is 12.4. The van der Waals surface area contributed by atoms with Gasteiger partial charge < -0.3 is 14.9 Å². The van der Waals surface area contributed by atoms with Crippen LogP contribution in [0.5, 0.6) is 0 Å². The maximum Gasteiger partial charge on any atom is 0.409 e. The zero-order chi connectivity index (χ0) is 18.1. The van der Waals surface area contributed by atoms with E-state index >= 15 is 0 Å². The van der Waals surface area contributed by atoms with E-state index in [0.717, 1.165) is 18.7 Å². The van der Waals surface area contributed by atoms with Crippen LogP contribution in [0.15, 0.2) is 22.0 Å². The van der Waals surface area contributed by atoms with Gasteiger partial charge in [-0.2, -0.15) is 13.2 Å². The first-order valence-electron chi connectivity index (χ1n) is 8.82. The minimum Gasteiger partial charge on any atom is -0.353 e. The van der Waals surface area contributed by atoms with Crippen molar-refractivity contribution < 1.29 is 17.6 Å². The molecule has 3 fully saturated rings. The molecule has 2 N–H and O–H groups in total. The highest BCUT2D eigenvalue weighted by Crippen LogP contribution is 2.50. The van der Waals surface area contributed by atoms with Crippen molar-refractivity contribution in [1.82, 2.24) is 10.0 Å². The van der Waals surface area contributed by atoms with Crippen molar-refractivity contribution in [2.75, 3.05) is 18.0 Å². The smallest absolute Gasteiger partial charge is 0.353 e. The minimum atomic E-state index is -4.37. The van der Waals surface area contributed by atoms with Gasteiger partial charge in [0.25, 0.3) is 0 Å². The van der Waals surface area contributed by atoms with Crippen LogP contribution in [0.3, 0.4) is 0 Å². The molecule has 4 nitrogen and oxygen atoms in total. The molecule has 2 bridgehead atoms. The van der Waals surface area contributed by atoms with Gasteiger partial charge in [0, 0.05) is 31.0 Å². The standard InChI is InChI=1S/C17H18F4N4S/c18-10-4-12(14-13(5-10)26-24-16(23-14)8-1-2-8)25-11-3-9(6-22-7-11)15(25)17(19,20)21/h4-5,8-9,11,15,22H,1-3,6-7H2,(H,23,24)/t9-,11+,15-/m1/s1. The summed E-state index contributed by atoms with van der Waals surface area (Å²) >= 11 is 1.24. The lowest BCUT2D eigenvalue weighted by Gasteiger charge is -2.35. The summed E-state index contributed by atoms with van der Waals surface area (Å²) in [6.07, 6.45) is -1.84. The molecule has 1 saturated carbocycles. The van der Waals surface area contributed by atoms with Crippen molar-refractivity contribution in [1.29, 1.82) is 0 Å². The first-order valence-corrected chi connectivity index (χ1v) is 9.64. The van der Waals surface area contributed by atoms with Gasteiger partial charge in [-0.3, -0.25) is 0 Å². The van der Waals surface area contributed by atoms with Crippen LogP contribution in [0, 0.1) is 17.7 Å². The van der Waals surface area contributed by atoms with E-state index in [1.165, 1.54) is 29.0 Å². The number of aliphatic imine (C=N–C) groups is 1. The molecule has 5 rings (SSSR count). The quantitative estimate of drug-likeness (QED) is 0.602. The van der Waals surface area contributed by atoms with E-state index in [4.69, 9.17) is 0 Å². The molecule has 1 aromatic carbocycles. The van der Waals surface area contributed by atoms with E-state index in [0.29, 0.717) is 36.0 Å². The van der Waals surface area contributed by atoms with Gasteiger partial charge in [-0.05, 0) is 43.3 Å². The van der Waals surface area contributed by atoms with Gasteiger partial charge in [0.1, 0.15) is 23.4 Å². The van der Waals surface area contributed by atoms with Crippen LogP contribution in [0.4, 0.5) is 28.9 Å². The highest BCUT2D eigenvalue weighted by Gasteiger charge is 2.56. The third kappa shape index (κ3) is 2.67. The molecule has 9 heteroatoms. The van der Waals surface area contributed by atoms with Crippen LogP contribution in [-0.2, 0) is 0 Å². The predicted octanol–water partition coefficient (Wildman–Crippen LogP) is 3.61. The van der Waals surface area contributed by atoms with Gasteiger partial charge >= 0.3 is 6.18 Å².